The lowest BCUT2D eigenvalue weighted by Gasteiger charge is -2.26. The van der Waals surface area contributed by atoms with Gasteiger partial charge in [-0.3, -0.25) is 4.79 Å². The van der Waals surface area contributed by atoms with E-state index in [1.807, 2.05) is 6.07 Å². The maximum atomic E-state index is 12.9. The SMILES string of the molecule is O=C(C[NH+]1CCCCC1)N1N=C(c2cccs2)C[C@@H]1c1cccs1. The van der Waals surface area contributed by atoms with Gasteiger partial charge in [0.2, 0.25) is 0 Å². The highest BCUT2D eigenvalue weighted by Gasteiger charge is 2.35. The Morgan fingerprint density at radius 3 is 2.67 bits per heavy atom. The number of likely N-dealkylation sites (tertiary alicyclic amines) is 1. The van der Waals surface area contributed by atoms with Gasteiger partial charge in [-0.2, -0.15) is 5.10 Å². The summed E-state index contributed by atoms with van der Waals surface area (Å²) in [5, 5.41) is 10.7. The molecule has 24 heavy (non-hydrogen) atoms. The number of thiophene rings is 2. The van der Waals surface area contributed by atoms with Gasteiger partial charge in [0.15, 0.2) is 6.54 Å². The fraction of sp³-hybridized carbons (Fsp3) is 0.444. The number of piperidine rings is 1. The molecule has 2 aliphatic heterocycles. The molecule has 0 radical (unpaired) electrons. The van der Waals surface area contributed by atoms with Crippen molar-refractivity contribution in [3.8, 4) is 0 Å². The molecule has 0 spiro atoms. The molecule has 1 N–H and O–H groups in total. The van der Waals surface area contributed by atoms with Gasteiger partial charge < -0.3 is 4.90 Å². The molecule has 0 aliphatic carbocycles. The molecule has 0 aromatic carbocycles. The molecule has 1 fully saturated rings. The highest BCUT2D eigenvalue weighted by atomic mass is 32.1. The summed E-state index contributed by atoms with van der Waals surface area (Å²) in [5.74, 6) is 0.164. The van der Waals surface area contributed by atoms with Crippen molar-refractivity contribution < 1.29 is 9.69 Å². The normalized spacial score (nSPS) is 21.9. The lowest BCUT2D eigenvalue weighted by atomic mass is 10.1. The molecule has 0 unspecified atom stereocenters. The second kappa shape index (κ2) is 7.17. The van der Waals surface area contributed by atoms with Gasteiger partial charge in [0.25, 0.3) is 5.91 Å². The molecule has 1 atom stereocenters. The topological polar surface area (TPSA) is 37.1 Å². The molecule has 1 saturated heterocycles. The molecule has 2 aromatic rings. The summed E-state index contributed by atoms with van der Waals surface area (Å²) < 4.78 is 0. The Morgan fingerprint density at radius 1 is 1.17 bits per heavy atom. The minimum Gasteiger partial charge on any atom is -0.327 e. The van der Waals surface area contributed by atoms with Gasteiger partial charge >= 0.3 is 0 Å². The van der Waals surface area contributed by atoms with E-state index in [2.05, 4.69) is 29.0 Å². The van der Waals surface area contributed by atoms with Crippen LogP contribution in [-0.4, -0.2) is 36.3 Å². The second-order valence-electron chi connectivity index (χ2n) is 6.49. The van der Waals surface area contributed by atoms with Gasteiger partial charge in [0, 0.05) is 11.3 Å². The number of rotatable bonds is 4. The van der Waals surface area contributed by atoms with E-state index in [1.54, 1.807) is 27.7 Å². The summed E-state index contributed by atoms with van der Waals surface area (Å²) in [7, 11) is 0. The molecule has 6 heteroatoms. The van der Waals surface area contributed by atoms with E-state index < -0.39 is 0 Å². The number of hydrogen-bond acceptors (Lipinski definition) is 4. The van der Waals surface area contributed by atoms with Crippen LogP contribution in [0.4, 0.5) is 0 Å². The van der Waals surface area contributed by atoms with Crippen LogP contribution in [0.5, 0.6) is 0 Å². The summed E-state index contributed by atoms with van der Waals surface area (Å²) in [6, 6.07) is 8.39. The molecule has 0 saturated carbocycles. The van der Waals surface area contributed by atoms with Gasteiger partial charge in [-0.05, 0) is 42.2 Å². The van der Waals surface area contributed by atoms with Gasteiger partial charge in [0.1, 0.15) is 0 Å². The number of quaternary nitrogens is 1. The van der Waals surface area contributed by atoms with E-state index in [-0.39, 0.29) is 11.9 Å². The smallest absolute Gasteiger partial charge is 0.298 e. The fourth-order valence-corrected chi connectivity index (χ4v) is 5.09. The first-order valence-electron chi connectivity index (χ1n) is 8.61. The lowest BCUT2D eigenvalue weighted by Crippen LogP contribution is -3.13. The zero-order valence-corrected chi connectivity index (χ0v) is 15.2. The van der Waals surface area contributed by atoms with Crippen LogP contribution < -0.4 is 4.90 Å². The minimum atomic E-state index is 0.0683. The van der Waals surface area contributed by atoms with E-state index in [0.29, 0.717) is 6.54 Å². The van der Waals surface area contributed by atoms with Crippen molar-refractivity contribution in [2.24, 2.45) is 5.10 Å². The number of hydrogen-bond donors (Lipinski definition) is 1. The Kier molecular flexibility index (Phi) is 4.78. The van der Waals surface area contributed by atoms with E-state index in [1.165, 1.54) is 33.9 Å². The van der Waals surface area contributed by atoms with Crippen molar-refractivity contribution >= 4 is 34.3 Å². The summed E-state index contributed by atoms with van der Waals surface area (Å²) >= 11 is 3.41. The zero-order chi connectivity index (χ0) is 16.4. The van der Waals surface area contributed by atoms with Gasteiger partial charge in [-0.15, -0.1) is 22.7 Å². The summed E-state index contributed by atoms with van der Waals surface area (Å²) in [5.41, 5.74) is 1.05. The molecule has 2 aromatic heterocycles. The third-order valence-corrected chi connectivity index (χ3v) is 6.70. The van der Waals surface area contributed by atoms with Crippen LogP contribution in [0.2, 0.25) is 0 Å². The Morgan fingerprint density at radius 2 is 1.96 bits per heavy atom. The van der Waals surface area contributed by atoms with Gasteiger partial charge in [-0.25, -0.2) is 5.01 Å². The highest BCUT2D eigenvalue weighted by Crippen LogP contribution is 2.35. The summed E-state index contributed by atoms with van der Waals surface area (Å²) in [6.45, 7) is 2.80. The number of hydrazone groups is 1. The Labute approximate surface area is 150 Å². The van der Waals surface area contributed by atoms with E-state index >= 15 is 0 Å². The van der Waals surface area contributed by atoms with Crippen LogP contribution in [-0.2, 0) is 4.79 Å². The van der Waals surface area contributed by atoms with E-state index in [9.17, 15) is 4.79 Å². The number of nitrogens with one attached hydrogen (secondary N) is 1. The maximum absolute atomic E-state index is 12.9. The first-order valence-corrected chi connectivity index (χ1v) is 10.4. The van der Waals surface area contributed by atoms with Crippen LogP contribution >= 0.6 is 22.7 Å². The summed E-state index contributed by atoms with van der Waals surface area (Å²) in [4.78, 5) is 16.8. The summed E-state index contributed by atoms with van der Waals surface area (Å²) in [6.07, 6.45) is 4.60. The molecule has 2 aliphatic rings. The molecular formula is C18H22N3OS2+. The first-order chi connectivity index (χ1) is 11.8. The van der Waals surface area contributed by atoms with Crippen molar-refractivity contribution in [2.45, 2.75) is 31.7 Å². The molecule has 4 heterocycles. The predicted molar refractivity (Wildman–Crippen MR) is 98.8 cm³/mol. The molecule has 0 bridgehead atoms. The standard InChI is InChI=1S/C18H21N3OS2/c22-18(13-20-8-2-1-3-9-20)21-15(17-7-5-11-24-17)12-14(19-21)16-6-4-10-23-16/h4-7,10-11,15H,1-3,8-9,12-13H2/p+1/t15-/m1/s1. The number of carbonyl (C=O) groups excluding carboxylic acids is 1. The Balaban J connectivity index is 1.55. The number of carbonyl (C=O) groups is 1. The number of nitrogens with zero attached hydrogens (tertiary/aromatic N) is 2. The molecule has 126 valence electrons. The molecule has 4 nitrogen and oxygen atoms in total. The van der Waals surface area contributed by atoms with Crippen molar-refractivity contribution in [3.63, 3.8) is 0 Å². The first kappa shape index (κ1) is 16.0. The third-order valence-electron chi connectivity index (χ3n) is 4.80. The zero-order valence-electron chi connectivity index (χ0n) is 13.6. The van der Waals surface area contributed by atoms with Crippen LogP contribution in [0.1, 0.15) is 41.5 Å². The molecule has 4 rings (SSSR count). The fourth-order valence-electron chi connectivity index (χ4n) is 3.56. The van der Waals surface area contributed by atoms with Crippen LogP contribution in [0.15, 0.2) is 40.1 Å². The largest absolute Gasteiger partial charge is 0.327 e. The predicted octanol–water partition coefficient (Wildman–Crippen LogP) is 2.56. The van der Waals surface area contributed by atoms with E-state index in [4.69, 9.17) is 5.10 Å². The van der Waals surface area contributed by atoms with Gasteiger partial charge in [-0.1, -0.05) is 12.1 Å². The Hall–Kier alpha value is -1.50. The van der Waals surface area contributed by atoms with Crippen LogP contribution in [0.25, 0.3) is 0 Å². The Bertz CT molecular complexity index is 703. The molecule has 1 amide bonds. The van der Waals surface area contributed by atoms with Crippen molar-refractivity contribution in [2.75, 3.05) is 19.6 Å². The van der Waals surface area contributed by atoms with Gasteiger partial charge in [0.05, 0.1) is 29.7 Å². The average molecular weight is 361 g/mol. The second-order valence-corrected chi connectivity index (χ2v) is 8.41. The van der Waals surface area contributed by atoms with Crippen molar-refractivity contribution in [3.05, 3.63) is 44.8 Å². The maximum Gasteiger partial charge on any atom is 0.298 e. The van der Waals surface area contributed by atoms with Crippen LogP contribution in [0, 0.1) is 0 Å². The lowest BCUT2D eigenvalue weighted by molar-refractivity contribution is -0.897. The quantitative estimate of drug-likeness (QED) is 0.894. The highest BCUT2D eigenvalue weighted by molar-refractivity contribution is 7.12. The molecular weight excluding hydrogens is 338 g/mol. The van der Waals surface area contributed by atoms with Crippen molar-refractivity contribution in [1.29, 1.82) is 0 Å². The number of amides is 1. The van der Waals surface area contributed by atoms with Crippen LogP contribution in [0.3, 0.4) is 0 Å². The average Bonchev–Trinajstić information content (AvgIpc) is 3.35. The minimum absolute atomic E-state index is 0.0683. The monoisotopic (exact) mass is 360 g/mol. The third kappa shape index (κ3) is 3.31. The van der Waals surface area contributed by atoms with E-state index in [0.717, 1.165) is 25.2 Å². The van der Waals surface area contributed by atoms with Crippen molar-refractivity contribution in [1.82, 2.24) is 5.01 Å².